The first-order chi connectivity index (χ1) is 6.31. The molecule has 2 heterocycles. The summed E-state index contributed by atoms with van der Waals surface area (Å²) in [5.74, 6) is 3.80. The zero-order valence-corrected chi connectivity index (χ0v) is 7.82. The molecule has 3 heteroatoms. The highest BCUT2D eigenvalue weighted by atomic mass is 15.2. The second kappa shape index (κ2) is 3.23. The second-order valence-corrected chi connectivity index (χ2v) is 3.38. The van der Waals surface area contributed by atoms with Gasteiger partial charge in [-0.2, -0.15) is 0 Å². The van der Waals surface area contributed by atoms with E-state index >= 15 is 0 Å². The Morgan fingerprint density at radius 2 is 2.46 bits per heavy atom. The molecule has 1 aliphatic rings. The monoisotopic (exact) mass is 175 g/mol. The predicted molar refractivity (Wildman–Crippen MR) is 51.1 cm³/mol. The van der Waals surface area contributed by atoms with Crippen molar-refractivity contribution in [1.29, 1.82) is 0 Å². The number of nitrogens with zero attached hydrogens (tertiary/aromatic N) is 3. The Hall–Kier alpha value is -1.27. The molecule has 1 aliphatic heterocycles. The maximum atomic E-state index is 5.27. The third-order valence-corrected chi connectivity index (χ3v) is 2.46. The molecule has 1 aromatic rings. The zero-order valence-electron chi connectivity index (χ0n) is 7.82. The molecule has 0 unspecified atom stereocenters. The van der Waals surface area contributed by atoms with E-state index in [0.29, 0.717) is 0 Å². The van der Waals surface area contributed by atoms with E-state index < -0.39 is 0 Å². The van der Waals surface area contributed by atoms with Gasteiger partial charge >= 0.3 is 0 Å². The smallest absolute Gasteiger partial charge is 0.123 e. The number of terminal acetylenes is 1. The van der Waals surface area contributed by atoms with Gasteiger partial charge < -0.3 is 4.57 Å². The van der Waals surface area contributed by atoms with Crippen LogP contribution in [0.15, 0.2) is 6.20 Å². The summed E-state index contributed by atoms with van der Waals surface area (Å²) in [5, 5.41) is 0. The molecule has 0 bridgehead atoms. The normalized spacial score (nSPS) is 16.6. The molecular weight excluding hydrogens is 162 g/mol. The number of hydrogen-bond donors (Lipinski definition) is 0. The third kappa shape index (κ3) is 1.45. The molecule has 1 aromatic heterocycles. The molecule has 0 aromatic carbocycles. The average Bonchev–Trinajstić information content (AvgIpc) is 2.48. The van der Waals surface area contributed by atoms with Crippen LogP contribution in [0, 0.1) is 19.3 Å². The fourth-order valence-corrected chi connectivity index (χ4v) is 1.73. The molecule has 0 saturated carbocycles. The summed E-state index contributed by atoms with van der Waals surface area (Å²) in [6.07, 6.45) is 7.19. The van der Waals surface area contributed by atoms with Crippen molar-refractivity contribution in [2.45, 2.75) is 20.0 Å². The Labute approximate surface area is 78.4 Å². The van der Waals surface area contributed by atoms with E-state index in [0.717, 1.165) is 32.0 Å². The van der Waals surface area contributed by atoms with Gasteiger partial charge in [-0.1, -0.05) is 5.92 Å². The van der Waals surface area contributed by atoms with Crippen LogP contribution in [-0.2, 0) is 13.1 Å². The molecule has 0 spiro atoms. The van der Waals surface area contributed by atoms with Crippen molar-refractivity contribution in [3.05, 3.63) is 17.7 Å². The number of aromatic nitrogens is 2. The third-order valence-electron chi connectivity index (χ3n) is 2.46. The Balaban J connectivity index is 2.17. The summed E-state index contributed by atoms with van der Waals surface area (Å²) in [7, 11) is 0. The van der Waals surface area contributed by atoms with Crippen LogP contribution in [0.1, 0.15) is 11.5 Å². The van der Waals surface area contributed by atoms with Crippen molar-refractivity contribution in [3.63, 3.8) is 0 Å². The van der Waals surface area contributed by atoms with Crippen molar-refractivity contribution in [2.75, 3.05) is 13.1 Å². The van der Waals surface area contributed by atoms with Gasteiger partial charge in [0.15, 0.2) is 0 Å². The van der Waals surface area contributed by atoms with Gasteiger partial charge in [0.05, 0.1) is 13.1 Å². The average molecular weight is 175 g/mol. The lowest BCUT2D eigenvalue weighted by molar-refractivity contribution is 0.241. The largest absolute Gasteiger partial charge is 0.330 e. The lowest BCUT2D eigenvalue weighted by Gasteiger charge is -2.26. The van der Waals surface area contributed by atoms with Crippen molar-refractivity contribution in [3.8, 4) is 12.3 Å². The fraction of sp³-hybridized carbons (Fsp3) is 0.500. The Morgan fingerprint density at radius 3 is 3.23 bits per heavy atom. The first kappa shape index (κ1) is 8.33. The van der Waals surface area contributed by atoms with Crippen molar-refractivity contribution >= 4 is 0 Å². The zero-order chi connectivity index (χ0) is 9.26. The molecule has 0 saturated heterocycles. The molecule has 0 amide bonds. The van der Waals surface area contributed by atoms with Crippen LogP contribution < -0.4 is 0 Å². The van der Waals surface area contributed by atoms with Crippen LogP contribution in [0.5, 0.6) is 0 Å². The maximum absolute atomic E-state index is 5.27. The molecule has 0 fully saturated rings. The first-order valence-corrected chi connectivity index (χ1v) is 4.48. The number of rotatable bonds is 1. The lowest BCUT2D eigenvalue weighted by atomic mass is 10.3. The van der Waals surface area contributed by atoms with E-state index in [1.54, 1.807) is 0 Å². The number of imidazole rings is 1. The summed E-state index contributed by atoms with van der Waals surface area (Å²) in [5.41, 5.74) is 1.25. The molecule has 3 nitrogen and oxygen atoms in total. The van der Waals surface area contributed by atoms with Crippen LogP contribution >= 0.6 is 0 Å². The Kier molecular flexibility index (Phi) is 2.07. The van der Waals surface area contributed by atoms with E-state index in [1.165, 1.54) is 5.69 Å². The van der Waals surface area contributed by atoms with Gasteiger partial charge in [-0.25, -0.2) is 4.98 Å². The Morgan fingerprint density at radius 1 is 1.62 bits per heavy atom. The molecular formula is C10H13N3. The summed E-state index contributed by atoms with van der Waals surface area (Å²) in [4.78, 5) is 6.58. The molecule has 2 rings (SSSR count). The standard InChI is InChI=1S/C10H13N3/c1-3-4-12-5-6-13-9(2)7-11-10(13)8-12/h1,7H,4-6,8H2,2H3. The minimum absolute atomic E-state index is 0.728. The van der Waals surface area contributed by atoms with Crippen LogP contribution in [-0.4, -0.2) is 27.5 Å². The van der Waals surface area contributed by atoms with Crippen LogP contribution in [0.2, 0.25) is 0 Å². The summed E-state index contributed by atoms with van der Waals surface area (Å²) >= 11 is 0. The quantitative estimate of drug-likeness (QED) is 0.584. The molecule has 13 heavy (non-hydrogen) atoms. The lowest BCUT2D eigenvalue weighted by Crippen LogP contribution is -2.34. The van der Waals surface area contributed by atoms with Crippen LogP contribution in [0.4, 0.5) is 0 Å². The topological polar surface area (TPSA) is 21.1 Å². The number of fused-ring (bicyclic) bond motifs is 1. The molecule has 68 valence electrons. The van der Waals surface area contributed by atoms with E-state index in [-0.39, 0.29) is 0 Å². The number of hydrogen-bond acceptors (Lipinski definition) is 2. The van der Waals surface area contributed by atoms with Gasteiger partial charge in [0.2, 0.25) is 0 Å². The van der Waals surface area contributed by atoms with E-state index in [1.807, 2.05) is 6.20 Å². The highest BCUT2D eigenvalue weighted by Gasteiger charge is 2.16. The van der Waals surface area contributed by atoms with Gasteiger partial charge in [0.25, 0.3) is 0 Å². The SMILES string of the molecule is C#CCN1CCn2c(C)cnc2C1. The van der Waals surface area contributed by atoms with Crippen molar-refractivity contribution in [1.82, 2.24) is 14.5 Å². The van der Waals surface area contributed by atoms with E-state index in [2.05, 4.69) is 27.3 Å². The van der Waals surface area contributed by atoms with Gasteiger partial charge in [-0.3, -0.25) is 4.90 Å². The molecule has 0 radical (unpaired) electrons. The summed E-state index contributed by atoms with van der Waals surface area (Å²) in [6, 6.07) is 0. The van der Waals surface area contributed by atoms with Crippen LogP contribution in [0.25, 0.3) is 0 Å². The Bertz CT molecular complexity index is 346. The second-order valence-electron chi connectivity index (χ2n) is 3.38. The summed E-state index contributed by atoms with van der Waals surface area (Å²) < 4.78 is 2.26. The minimum Gasteiger partial charge on any atom is -0.330 e. The van der Waals surface area contributed by atoms with E-state index in [9.17, 15) is 0 Å². The first-order valence-electron chi connectivity index (χ1n) is 4.48. The van der Waals surface area contributed by atoms with Gasteiger partial charge in [0, 0.05) is 25.0 Å². The van der Waals surface area contributed by atoms with Crippen LogP contribution in [0.3, 0.4) is 0 Å². The maximum Gasteiger partial charge on any atom is 0.123 e. The highest BCUT2D eigenvalue weighted by molar-refractivity contribution is 5.06. The van der Waals surface area contributed by atoms with Crippen molar-refractivity contribution in [2.24, 2.45) is 0 Å². The highest BCUT2D eigenvalue weighted by Crippen LogP contribution is 2.12. The molecule has 0 N–H and O–H groups in total. The predicted octanol–water partition coefficient (Wildman–Crippen LogP) is 0.640. The molecule has 0 aliphatic carbocycles. The van der Waals surface area contributed by atoms with E-state index in [4.69, 9.17) is 6.42 Å². The van der Waals surface area contributed by atoms with Gasteiger partial charge in [-0.15, -0.1) is 6.42 Å². The van der Waals surface area contributed by atoms with Gasteiger partial charge in [-0.05, 0) is 6.92 Å². The molecule has 0 atom stereocenters. The number of aryl methyl sites for hydroxylation is 1. The fourth-order valence-electron chi connectivity index (χ4n) is 1.73. The summed E-state index contributed by atoms with van der Waals surface area (Å²) in [6.45, 7) is 5.76. The van der Waals surface area contributed by atoms with Crippen molar-refractivity contribution < 1.29 is 0 Å². The minimum atomic E-state index is 0.728. The van der Waals surface area contributed by atoms with Gasteiger partial charge in [0.1, 0.15) is 5.82 Å².